The molecule has 0 heterocycles. The monoisotopic (exact) mass is 391 g/mol. The van der Waals surface area contributed by atoms with Crippen LogP contribution < -0.4 is 10.6 Å². The highest BCUT2D eigenvalue weighted by Crippen LogP contribution is 2.29. The standard InChI is InChI=1S/C24H26FN3O/c1-17(18-8-5-4-6-9-18)28(24(29)19-10-7-11-21(25)14-19)16-20-15-22(26)12-13-23(20)27(2)3/h4-15,17H,16,26H2,1-3H3/t17-/m1/s1. The predicted octanol–water partition coefficient (Wildman–Crippen LogP) is 4.88. The number of rotatable bonds is 6. The molecule has 2 N–H and O–H groups in total. The quantitative estimate of drug-likeness (QED) is 0.610. The van der Waals surface area contributed by atoms with Gasteiger partial charge in [-0.1, -0.05) is 36.4 Å². The Morgan fingerprint density at radius 3 is 2.38 bits per heavy atom. The Morgan fingerprint density at radius 2 is 1.72 bits per heavy atom. The van der Waals surface area contributed by atoms with Crippen LogP contribution in [0.5, 0.6) is 0 Å². The number of nitrogens with zero attached hydrogens (tertiary/aromatic N) is 2. The van der Waals surface area contributed by atoms with Crippen molar-refractivity contribution in [3.05, 3.63) is 95.3 Å². The van der Waals surface area contributed by atoms with Gasteiger partial charge in [0.1, 0.15) is 5.82 Å². The molecule has 1 atom stereocenters. The fourth-order valence-electron chi connectivity index (χ4n) is 3.44. The molecule has 0 unspecified atom stereocenters. The molecule has 0 aliphatic rings. The zero-order chi connectivity index (χ0) is 21.0. The zero-order valence-electron chi connectivity index (χ0n) is 17.0. The Balaban J connectivity index is 2.04. The molecule has 3 aromatic carbocycles. The van der Waals surface area contributed by atoms with E-state index in [9.17, 15) is 9.18 Å². The maximum absolute atomic E-state index is 13.8. The third kappa shape index (κ3) is 4.74. The Hall–Kier alpha value is -3.34. The van der Waals surface area contributed by atoms with E-state index >= 15 is 0 Å². The van der Waals surface area contributed by atoms with Gasteiger partial charge in [0.15, 0.2) is 0 Å². The van der Waals surface area contributed by atoms with Crippen molar-refractivity contribution in [3.63, 3.8) is 0 Å². The van der Waals surface area contributed by atoms with Crippen LogP contribution in [0, 0.1) is 5.82 Å². The first-order valence-corrected chi connectivity index (χ1v) is 9.54. The first-order valence-electron chi connectivity index (χ1n) is 9.54. The molecule has 0 saturated carbocycles. The number of carbonyl (C=O) groups is 1. The SMILES string of the molecule is C[C@H](c1ccccc1)N(Cc1cc(N)ccc1N(C)C)C(=O)c1cccc(F)c1. The largest absolute Gasteiger partial charge is 0.399 e. The maximum Gasteiger partial charge on any atom is 0.254 e. The molecule has 0 radical (unpaired) electrons. The molecule has 5 heteroatoms. The van der Waals surface area contributed by atoms with Crippen molar-refractivity contribution in [3.8, 4) is 0 Å². The van der Waals surface area contributed by atoms with E-state index in [-0.39, 0.29) is 11.9 Å². The van der Waals surface area contributed by atoms with Crippen molar-refractivity contribution in [2.75, 3.05) is 24.7 Å². The lowest BCUT2D eigenvalue weighted by Crippen LogP contribution is -2.33. The minimum absolute atomic E-state index is 0.205. The minimum atomic E-state index is -0.430. The van der Waals surface area contributed by atoms with Gasteiger partial charge in [0.2, 0.25) is 0 Å². The molecule has 1 amide bonds. The van der Waals surface area contributed by atoms with E-state index in [1.807, 2.05) is 74.4 Å². The number of hydrogen-bond donors (Lipinski definition) is 1. The van der Waals surface area contributed by atoms with Crippen molar-refractivity contribution >= 4 is 17.3 Å². The normalized spacial score (nSPS) is 11.7. The molecule has 0 saturated heterocycles. The van der Waals surface area contributed by atoms with Gasteiger partial charge in [-0.25, -0.2) is 4.39 Å². The number of benzene rings is 3. The molecular weight excluding hydrogens is 365 g/mol. The highest BCUT2D eigenvalue weighted by atomic mass is 19.1. The highest BCUT2D eigenvalue weighted by Gasteiger charge is 2.24. The molecule has 4 nitrogen and oxygen atoms in total. The van der Waals surface area contributed by atoms with Gasteiger partial charge in [0, 0.05) is 37.6 Å². The lowest BCUT2D eigenvalue weighted by molar-refractivity contribution is 0.0674. The molecular formula is C24H26FN3O. The molecule has 150 valence electrons. The van der Waals surface area contributed by atoms with Gasteiger partial charge in [-0.2, -0.15) is 0 Å². The summed E-state index contributed by atoms with van der Waals surface area (Å²) >= 11 is 0. The van der Waals surface area contributed by atoms with Gasteiger partial charge in [-0.05, 0) is 54.4 Å². The average Bonchev–Trinajstić information content (AvgIpc) is 2.71. The van der Waals surface area contributed by atoms with Crippen LogP contribution in [0.3, 0.4) is 0 Å². The summed E-state index contributed by atoms with van der Waals surface area (Å²) in [5.41, 5.74) is 9.91. The average molecular weight is 391 g/mol. The predicted molar refractivity (Wildman–Crippen MR) is 116 cm³/mol. The number of amides is 1. The molecule has 0 spiro atoms. The van der Waals surface area contributed by atoms with Crippen LogP contribution in [0.25, 0.3) is 0 Å². The number of hydrogen-bond acceptors (Lipinski definition) is 3. The molecule has 0 bridgehead atoms. The van der Waals surface area contributed by atoms with Crippen molar-refractivity contribution in [1.82, 2.24) is 4.90 Å². The van der Waals surface area contributed by atoms with E-state index in [0.29, 0.717) is 17.8 Å². The van der Waals surface area contributed by atoms with Crippen LogP contribution >= 0.6 is 0 Å². The maximum atomic E-state index is 13.8. The Morgan fingerprint density at radius 1 is 1.00 bits per heavy atom. The van der Waals surface area contributed by atoms with Gasteiger partial charge in [0.25, 0.3) is 5.91 Å². The van der Waals surface area contributed by atoms with E-state index in [4.69, 9.17) is 5.73 Å². The molecule has 0 aliphatic carbocycles. The van der Waals surface area contributed by atoms with Gasteiger partial charge >= 0.3 is 0 Å². The van der Waals surface area contributed by atoms with Gasteiger partial charge in [-0.3, -0.25) is 4.79 Å². The van der Waals surface area contributed by atoms with Crippen molar-refractivity contribution in [2.24, 2.45) is 0 Å². The van der Waals surface area contributed by atoms with Crippen molar-refractivity contribution < 1.29 is 9.18 Å². The Kier molecular flexibility index (Phi) is 6.17. The molecule has 3 aromatic rings. The van der Waals surface area contributed by atoms with Gasteiger partial charge in [-0.15, -0.1) is 0 Å². The van der Waals surface area contributed by atoms with E-state index in [0.717, 1.165) is 16.8 Å². The summed E-state index contributed by atoms with van der Waals surface area (Å²) in [6.45, 7) is 2.33. The number of anilines is 2. The summed E-state index contributed by atoms with van der Waals surface area (Å²) in [5.74, 6) is -0.658. The van der Waals surface area contributed by atoms with Crippen molar-refractivity contribution in [2.45, 2.75) is 19.5 Å². The second kappa shape index (κ2) is 8.78. The summed E-state index contributed by atoms with van der Waals surface area (Å²) in [4.78, 5) is 17.1. The topological polar surface area (TPSA) is 49.6 Å². The third-order valence-corrected chi connectivity index (χ3v) is 5.01. The number of carbonyl (C=O) groups excluding carboxylic acids is 1. The summed E-state index contributed by atoms with van der Waals surface area (Å²) in [6, 6.07) is 21.1. The van der Waals surface area contributed by atoms with E-state index in [1.165, 1.54) is 12.1 Å². The molecule has 0 aromatic heterocycles. The summed E-state index contributed by atoms with van der Waals surface area (Å²) in [6.07, 6.45) is 0. The number of halogens is 1. The Bertz CT molecular complexity index is 988. The fraction of sp³-hybridized carbons (Fsp3) is 0.208. The van der Waals surface area contributed by atoms with E-state index in [1.54, 1.807) is 17.0 Å². The van der Waals surface area contributed by atoms with Crippen LogP contribution in [0.1, 0.15) is 34.5 Å². The molecule has 0 aliphatic heterocycles. The van der Waals surface area contributed by atoms with Gasteiger partial charge in [0.05, 0.1) is 6.04 Å². The van der Waals surface area contributed by atoms with E-state index in [2.05, 4.69) is 0 Å². The van der Waals surface area contributed by atoms with Gasteiger partial charge < -0.3 is 15.5 Å². The first kappa shape index (κ1) is 20.4. The summed E-state index contributed by atoms with van der Waals surface area (Å²) in [5, 5.41) is 0. The smallest absolute Gasteiger partial charge is 0.254 e. The molecule has 0 fully saturated rings. The second-order valence-corrected chi connectivity index (χ2v) is 7.31. The highest BCUT2D eigenvalue weighted by molar-refractivity contribution is 5.94. The Labute approximate surface area is 171 Å². The summed E-state index contributed by atoms with van der Waals surface area (Å²) < 4.78 is 13.8. The zero-order valence-corrected chi connectivity index (χ0v) is 17.0. The lowest BCUT2D eigenvalue weighted by Gasteiger charge is -2.31. The number of nitrogen functional groups attached to an aromatic ring is 1. The van der Waals surface area contributed by atoms with E-state index < -0.39 is 5.82 Å². The number of nitrogens with two attached hydrogens (primary N) is 1. The van der Waals surface area contributed by atoms with Crippen LogP contribution in [0.2, 0.25) is 0 Å². The second-order valence-electron chi connectivity index (χ2n) is 7.31. The minimum Gasteiger partial charge on any atom is -0.399 e. The summed E-state index contributed by atoms with van der Waals surface area (Å²) in [7, 11) is 3.91. The van der Waals surface area contributed by atoms with Crippen LogP contribution in [-0.2, 0) is 6.54 Å². The van der Waals surface area contributed by atoms with Crippen LogP contribution in [-0.4, -0.2) is 24.9 Å². The first-order chi connectivity index (χ1) is 13.9. The third-order valence-electron chi connectivity index (χ3n) is 5.01. The van der Waals surface area contributed by atoms with Crippen LogP contribution in [0.4, 0.5) is 15.8 Å². The van der Waals surface area contributed by atoms with Crippen molar-refractivity contribution in [1.29, 1.82) is 0 Å². The van der Waals surface area contributed by atoms with Crippen LogP contribution in [0.15, 0.2) is 72.8 Å². The molecule has 3 rings (SSSR count). The lowest BCUT2D eigenvalue weighted by atomic mass is 10.0. The molecule has 29 heavy (non-hydrogen) atoms. The fourth-order valence-corrected chi connectivity index (χ4v) is 3.44.